The van der Waals surface area contributed by atoms with Crippen molar-refractivity contribution in [1.82, 2.24) is 14.8 Å². The van der Waals surface area contributed by atoms with Crippen molar-refractivity contribution < 1.29 is 4.74 Å². The van der Waals surface area contributed by atoms with Crippen molar-refractivity contribution in [3.8, 4) is 5.75 Å². The molecular formula is C20H24N4O. The number of rotatable bonds is 3. The van der Waals surface area contributed by atoms with Crippen LogP contribution in [0.5, 0.6) is 5.75 Å². The first-order valence-corrected chi connectivity index (χ1v) is 8.83. The van der Waals surface area contributed by atoms with E-state index in [0.717, 1.165) is 37.2 Å². The Kier molecular flexibility index (Phi) is 4.07. The second-order valence-electron chi connectivity index (χ2n) is 6.85. The molecule has 0 amide bonds. The fraction of sp³-hybridized carbons (Fsp3) is 0.400. The predicted molar refractivity (Wildman–Crippen MR) is 100 cm³/mol. The van der Waals surface area contributed by atoms with E-state index in [-0.39, 0.29) is 0 Å². The van der Waals surface area contributed by atoms with Gasteiger partial charge in [0, 0.05) is 37.9 Å². The van der Waals surface area contributed by atoms with Gasteiger partial charge in [-0.15, -0.1) is 0 Å². The first-order valence-electron chi connectivity index (χ1n) is 8.83. The van der Waals surface area contributed by atoms with Gasteiger partial charge in [0.05, 0.1) is 19.0 Å². The number of nitrogens with zero attached hydrogens (tertiary/aromatic N) is 4. The fourth-order valence-electron chi connectivity index (χ4n) is 3.95. The Balaban J connectivity index is 1.64. The average molecular weight is 336 g/mol. The van der Waals surface area contributed by atoms with Crippen molar-refractivity contribution in [3.63, 3.8) is 0 Å². The minimum atomic E-state index is 0.605. The number of hydrogen-bond donors (Lipinski definition) is 0. The maximum atomic E-state index is 5.50. The molecule has 4 rings (SSSR count). The number of pyridine rings is 1. The summed E-state index contributed by atoms with van der Waals surface area (Å²) in [5, 5.41) is 5.50. The fourth-order valence-corrected chi connectivity index (χ4v) is 3.95. The minimum Gasteiger partial charge on any atom is -0.494 e. The predicted octanol–water partition coefficient (Wildman–Crippen LogP) is 3.67. The van der Waals surface area contributed by atoms with Crippen molar-refractivity contribution >= 4 is 16.6 Å². The molecule has 1 aromatic carbocycles. The molecule has 0 radical (unpaired) electrons. The molecule has 0 saturated carbocycles. The van der Waals surface area contributed by atoms with E-state index >= 15 is 0 Å². The zero-order valence-corrected chi connectivity index (χ0v) is 15.1. The number of anilines is 1. The molecule has 2 aromatic heterocycles. The third kappa shape index (κ3) is 2.84. The highest BCUT2D eigenvalue weighted by Crippen LogP contribution is 2.37. The lowest BCUT2D eigenvalue weighted by Crippen LogP contribution is -2.33. The van der Waals surface area contributed by atoms with Crippen molar-refractivity contribution in [2.45, 2.75) is 25.7 Å². The van der Waals surface area contributed by atoms with Gasteiger partial charge in [-0.1, -0.05) is 12.1 Å². The Bertz CT molecular complexity index is 894. The van der Waals surface area contributed by atoms with Crippen molar-refractivity contribution in [2.75, 3.05) is 25.1 Å². The SMILES string of the molecule is COc1cccc2c(N3CCC(c4cnn(C)c4)CC3)c(C)cnc12. The molecule has 3 aromatic rings. The molecule has 1 aliphatic rings. The lowest BCUT2D eigenvalue weighted by Gasteiger charge is -2.35. The molecule has 1 saturated heterocycles. The number of fused-ring (bicyclic) bond motifs is 1. The lowest BCUT2D eigenvalue weighted by molar-refractivity contribution is 0.419. The summed E-state index contributed by atoms with van der Waals surface area (Å²) in [6.07, 6.45) is 8.43. The summed E-state index contributed by atoms with van der Waals surface area (Å²) in [7, 11) is 3.69. The molecule has 3 heterocycles. The van der Waals surface area contributed by atoms with E-state index in [1.54, 1.807) is 7.11 Å². The summed E-state index contributed by atoms with van der Waals surface area (Å²) in [5.41, 5.74) is 4.83. The van der Waals surface area contributed by atoms with Crippen LogP contribution in [0, 0.1) is 6.92 Å². The van der Waals surface area contributed by atoms with Gasteiger partial charge in [-0.3, -0.25) is 9.67 Å². The largest absolute Gasteiger partial charge is 0.494 e. The number of methoxy groups -OCH3 is 1. The molecule has 25 heavy (non-hydrogen) atoms. The van der Waals surface area contributed by atoms with Crippen molar-refractivity contribution in [1.29, 1.82) is 0 Å². The van der Waals surface area contributed by atoms with E-state index < -0.39 is 0 Å². The molecule has 1 aliphatic heterocycles. The molecule has 0 bridgehead atoms. The number of piperidine rings is 1. The first kappa shape index (κ1) is 15.9. The number of aryl methyl sites for hydroxylation is 2. The van der Waals surface area contributed by atoms with Gasteiger partial charge in [0.2, 0.25) is 0 Å². The standard InChI is InChI=1S/C20H24N4O/c1-14-11-21-19-17(5-4-6-18(19)25-3)20(14)24-9-7-15(8-10-24)16-12-22-23(2)13-16/h4-6,11-13,15H,7-10H2,1-3H3. The maximum Gasteiger partial charge on any atom is 0.145 e. The van der Waals surface area contributed by atoms with Gasteiger partial charge < -0.3 is 9.64 Å². The number of aromatic nitrogens is 3. The Morgan fingerprint density at radius 3 is 2.64 bits per heavy atom. The van der Waals surface area contributed by atoms with Crippen LogP contribution < -0.4 is 9.64 Å². The van der Waals surface area contributed by atoms with Crippen LogP contribution in [0.2, 0.25) is 0 Å². The highest BCUT2D eigenvalue weighted by molar-refractivity contribution is 5.96. The van der Waals surface area contributed by atoms with E-state index in [2.05, 4.69) is 34.2 Å². The van der Waals surface area contributed by atoms with E-state index in [0.29, 0.717) is 5.92 Å². The summed E-state index contributed by atoms with van der Waals surface area (Å²) in [6, 6.07) is 6.18. The number of para-hydroxylation sites is 1. The zero-order valence-electron chi connectivity index (χ0n) is 15.1. The van der Waals surface area contributed by atoms with Crippen molar-refractivity contribution in [3.05, 3.63) is 47.9 Å². The van der Waals surface area contributed by atoms with Gasteiger partial charge in [-0.05, 0) is 42.9 Å². The Labute approximate surface area is 148 Å². The molecule has 0 unspecified atom stereocenters. The number of benzene rings is 1. The van der Waals surface area contributed by atoms with Gasteiger partial charge in [0.1, 0.15) is 11.3 Å². The van der Waals surface area contributed by atoms with E-state index in [4.69, 9.17) is 4.74 Å². The maximum absolute atomic E-state index is 5.50. The van der Waals surface area contributed by atoms with Gasteiger partial charge in [0.25, 0.3) is 0 Å². The van der Waals surface area contributed by atoms with Crippen LogP contribution in [0.1, 0.15) is 29.9 Å². The highest BCUT2D eigenvalue weighted by atomic mass is 16.5. The smallest absolute Gasteiger partial charge is 0.145 e. The lowest BCUT2D eigenvalue weighted by atomic mass is 9.91. The number of ether oxygens (including phenoxy) is 1. The second kappa shape index (κ2) is 6.39. The normalized spacial score (nSPS) is 15.7. The zero-order chi connectivity index (χ0) is 17.4. The van der Waals surface area contributed by atoms with Gasteiger partial charge in [-0.25, -0.2) is 0 Å². The molecule has 0 N–H and O–H groups in total. The minimum absolute atomic E-state index is 0.605. The monoisotopic (exact) mass is 336 g/mol. The van der Waals surface area contributed by atoms with E-state index in [9.17, 15) is 0 Å². The molecule has 0 spiro atoms. The summed E-state index contributed by atoms with van der Waals surface area (Å²) in [6.45, 7) is 4.25. The molecule has 0 atom stereocenters. The van der Waals surface area contributed by atoms with Crippen molar-refractivity contribution in [2.24, 2.45) is 7.05 Å². The quantitative estimate of drug-likeness (QED) is 0.732. The van der Waals surface area contributed by atoms with Crippen LogP contribution in [0.3, 0.4) is 0 Å². The van der Waals surface area contributed by atoms with Gasteiger partial charge in [0.15, 0.2) is 0 Å². The Morgan fingerprint density at radius 2 is 1.96 bits per heavy atom. The molecular weight excluding hydrogens is 312 g/mol. The van der Waals surface area contributed by atoms with Crippen LogP contribution in [-0.4, -0.2) is 35.0 Å². The summed E-state index contributed by atoms with van der Waals surface area (Å²) >= 11 is 0. The molecule has 1 fully saturated rings. The third-order valence-corrected chi connectivity index (χ3v) is 5.24. The second-order valence-corrected chi connectivity index (χ2v) is 6.85. The van der Waals surface area contributed by atoms with Crippen LogP contribution in [0.25, 0.3) is 10.9 Å². The van der Waals surface area contributed by atoms with Crippen LogP contribution in [-0.2, 0) is 7.05 Å². The van der Waals surface area contributed by atoms with Crippen LogP contribution in [0.15, 0.2) is 36.8 Å². The van der Waals surface area contributed by atoms with Crippen LogP contribution >= 0.6 is 0 Å². The molecule has 0 aliphatic carbocycles. The molecule has 130 valence electrons. The highest BCUT2D eigenvalue weighted by Gasteiger charge is 2.24. The molecule has 5 nitrogen and oxygen atoms in total. The van der Waals surface area contributed by atoms with Gasteiger partial charge in [-0.2, -0.15) is 5.10 Å². The topological polar surface area (TPSA) is 43.2 Å². The average Bonchev–Trinajstić information content (AvgIpc) is 3.07. The summed E-state index contributed by atoms with van der Waals surface area (Å²) in [5.74, 6) is 1.44. The van der Waals surface area contributed by atoms with E-state index in [1.165, 1.54) is 22.2 Å². The van der Waals surface area contributed by atoms with Gasteiger partial charge >= 0.3 is 0 Å². The third-order valence-electron chi connectivity index (χ3n) is 5.24. The first-order chi connectivity index (χ1) is 12.2. The summed E-state index contributed by atoms with van der Waals surface area (Å²) < 4.78 is 7.39. The van der Waals surface area contributed by atoms with E-state index in [1.807, 2.05) is 36.3 Å². The number of hydrogen-bond acceptors (Lipinski definition) is 4. The Morgan fingerprint density at radius 1 is 1.16 bits per heavy atom. The Hall–Kier alpha value is -2.56. The van der Waals surface area contributed by atoms with Crippen LogP contribution in [0.4, 0.5) is 5.69 Å². The molecule has 5 heteroatoms. The summed E-state index contributed by atoms with van der Waals surface area (Å²) in [4.78, 5) is 7.12.